The van der Waals surface area contributed by atoms with Gasteiger partial charge >= 0.3 is 0 Å². The standard InChI is InChI=1S/C12H18BN3OS/c1-13-10-7-14-11-12(18-3)15-9(8-16(10)11)5-4-6-17-2/h7-8,13H,4-6H2,1-3H3. The molecule has 0 aliphatic carbocycles. The molecule has 0 amide bonds. The number of nitrogens with zero attached hydrogens (tertiary/aromatic N) is 3. The van der Waals surface area contributed by atoms with Gasteiger partial charge in [0.25, 0.3) is 0 Å². The quantitative estimate of drug-likeness (QED) is 0.445. The summed E-state index contributed by atoms with van der Waals surface area (Å²) in [5.41, 5.74) is 3.31. The van der Waals surface area contributed by atoms with Crippen molar-refractivity contribution in [2.45, 2.75) is 24.7 Å². The summed E-state index contributed by atoms with van der Waals surface area (Å²) in [6.07, 6.45) is 8.03. The van der Waals surface area contributed by atoms with Crippen LogP contribution >= 0.6 is 11.8 Å². The number of methoxy groups -OCH3 is 1. The predicted molar refractivity (Wildman–Crippen MR) is 77.6 cm³/mol. The lowest BCUT2D eigenvalue weighted by atomic mass is 9.78. The normalized spacial score (nSPS) is 11.1. The number of hydrogen-bond donors (Lipinski definition) is 0. The number of aryl methyl sites for hydroxylation is 1. The van der Waals surface area contributed by atoms with Gasteiger partial charge in [-0.05, 0) is 19.1 Å². The fraction of sp³-hybridized carbons (Fsp3) is 0.500. The maximum absolute atomic E-state index is 5.09. The summed E-state index contributed by atoms with van der Waals surface area (Å²) in [7, 11) is 2.71. The van der Waals surface area contributed by atoms with Gasteiger partial charge in [-0.15, -0.1) is 11.8 Å². The van der Waals surface area contributed by atoms with E-state index in [9.17, 15) is 0 Å². The Morgan fingerprint density at radius 1 is 1.50 bits per heavy atom. The summed E-state index contributed by atoms with van der Waals surface area (Å²) in [6, 6.07) is 0. The first-order chi connectivity index (χ1) is 8.80. The molecular formula is C12H18BN3OS. The molecule has 0 fully saturated rings. The van der Waals surface area contributed by atoms with E-state index in [4.69, 9.17) is 4.74 Å². The Bertz CT molecular complexity index is 529. The number of ether oxygens (including phenoxy) is 1. The van der Waals surface area contributed by atoms with Crippen LogP contribution in [-0.2, 0) is 11.2 Å². The Morgan fingerprint density at radius 3 is 3.00 bits per heavy atom. The number of fused-ring (bicyclic) bond motifs is 1. The van der Waals surface area contributed by atoms with Crippen molar-refractivity contribution in [2.75, 3.05) is 20.0 Å². The number of thioether (sulfide) groups is 1. The van der Waals surface area contributed by atoms with Crippen LogP contribution in [0.1, 0.15) is 12.1 Å². The molecule has 0 atom stereocenters. The Labute approximate surface area is 112 Å². The highest BCUT2D eigenvalue weighted by Gasteiger charge is 2.10. The van der Waals surface area contributed by atoms with Crippen LogP contribution in [0, 0.1) is 0 Å². The molecule has 4 nitrogen and oxygen atoms in total. The van der Waals surface area contributed by atoms with Crippen molar-refractivity contribution in [3.8, 4) is 0 Å². The van der Waals surface area contributed by atoms with E-state index >= 15 is 0 Å². The van der Waals surface area contributed by atoms with Crippen LogP contribution in [0.5, 0.6) is 0 Å². The van der Waals surface area contributed by atoms with Crippen molar-refractivity contribution < 1.29 is 4.74 Å². The van der Waals surface area contributed by atoms with Gasteiger partial charge in [-0.3, -0.25) is 0 Å². The zero-order valence-electron chi connectivity index (χ0n) is 11.1. The summed E-state index contributed by atoms with van der Waals surface area (Å²) in [5.74, 6) is 0. The minimum atomic E-state index is 0.777. The van der Waals surface area contributed by atoms with E-state index in [2.05, 4.69) is 27.4 Å². The van der Waals surface area contributed by atoms with Crippen LogP contribution < -0.4 is 5.59 Å². The third-order valence-electron chi connectivity index (χ3n) is 2.92. The van der Waals surface area contributed by atoms with Crippen LogP contribution in [-0.4, -0.2) is 41.6 Å². The molecule has 0 spiro atoms. The van der Waals surface area contributed by atoms with E-state index in [-0.39, 0.29) is 0 Å². The van der Waals surface area contributed by atoms with Crippen LogP contribution in [0.2, 0.25) is 6.82 Å². The lowest BCUT2D eigenvalue weighted by molar-refractivity contribution is 0.195. The van der Waals surface area contributed by atoms with Crippen LogP contribution in [0.3, 0.4) is 0 Å². The van der Waals surface area contributed by atoms with Gasteiger partial charge in [0, 0.05) is 31.7 Å². The second-order valence-corrected chi connectivity index (χ2v) is 4.93. The minimum Gasteiger partial charge on any atom is -0.385 e. The first kappa shape index (κ1) is 13.4. The third-order valence-corrected chi connectivity index (χ3v) is 3.59. The summed E-state index contributed by atoms with van der Waals surface area (Å²) < 4.78 is 7.25. The molecule has 2 aromatic heterocycles. The first-order valence-corrected chi connectivity index (χ1v) is 7.41. The maximum atomic E-state index is 5.09. The van der Waals surface area contributed by atoms with Crippen molar-refractivity contribution >= 4 is 30.3 Å². The lowest BCUT2D eigenvalue weighted by Gasteiger charge is -2.07. The second-order valence-electron chi connectivity index (χ2n) is 4.13. The molecule has 2 rings (SSSR count). The van der Waals surface area contributed by atoms with Crippen molar-refractivity contribution in [1.82, 2.24) is 14.4 Å². The predicted octanol–water partition coefficient (Wildman–Crippen LogP) is 1.14. The molecule has 0 aliphatic rings. The molecule has 0 aliphatic heterocycles. The van der Waals surface area contributed by atoms with Crippen molar-refractivity contribution in [3.63, 3.8) is 0 Å². The van der Waals surface area contributed by atoms with Gasteiger partial charge < -0.3 is 9.14 Å². The smallest absolute Gasteiger partial charge is 0.179 e. The number of aromatic nitrogens is 3. The molecule has 2 aromatic rings. The van der Waals surface area contributed by atoms with E-state index in [1.54, 1.807) is 18.9 Å². The fourth-order valence-electron chi connectivity index (χ4n) is 1.97. The summed E-state index contributed by atoms with van der Waals surface area (Å²) >= 11 is 1.65. The minimum absolute atomic E-state index is 0.777. The Balaban J connectivity index is 2.36. The number of imidazole rings is 1. The fourth-order valence-corrected chi connectivity index (χ4v) is 2.52. The molecule has 2 heterocycles. The van der Waals surface area contributed by atoms with Gasteiger partial charge in [0.2, 0.25) is 0 Å². The largest absolute Gasteiger partial charge is 0.385 e. The molecule has 96 valence electrons. The molecule has 0 saturated heterocycles. The average molecular weight is 263 g/mol. The monoisotopic (exact) mass is 263 g/mol. The molecular weight excluding hydrogens is 245 g/mol. The zero-order valence-corrected chi connectivity index (χ0v) is 12.0. The summed E-state index contributed by atoms with van der Waals surface area (Å²) in [4.78, 5) is 9.12. The lowest BCUT2D eigenvalue weighted by Crippen LogP contribution is -2.17. The molecule has 6 heteroatoms. The number of rotatable bonds is 6. The van der Waals surface area contributed by atoms with Gasteiger partial charge in [0.05, 0.1) is 5.69 Å². The SMILES string of the molecule is CBc1cnc2c(SC)nc(CCCOC)cn12. The highest BCUT2D eigenvalue weighted by atomic mass is 32.2. The van der Waals surface area contributed by atoms with Crippen molar-refractivity contribution in [2.24, 2.45) is 0 Å². The molecule has 0 N–H and O–H groups in total. The van der Waals surface area contributed by atoms with Gasteiger partial charge in [-0.2, -0.15) is 0 Å². The Hall–Kier alpha value is -1.01. The Kier molecular flexibility index (Phi) is 4.66. The zero-order chi connectivity index (χ0) is 13.0. The molecule has 18 heavy (non-hydrogen) atoms. The molecule has 0 saturated carbocycles. The highest BCUT2D eigenvalue weighted by Crippen LogP contribution is 2.18. The topological polar surface area (TPSA) is 39.4 Å². The summed E-state index contributed by atoms with van der Waals surface area (Å²) in [6.45, 7) is 2.92. The van der Waals surface area contributed by atoms with E-state index in [0.29, 0.717) is 0 Å². The van der Waals surface area contributed by atoms with Gasteiger partial charge in [0.15, 0.2) is 12.9 Å². The number of hydrogen-bond acceptors (Lipinski definition) is 4. The van der Waals surface area contributed by atoms with Gasteiger partial charge in [-0.25, -0.2) is 9.97 Å². The highest BCUT2D eigenvalue weighted by molar-refractivity contribution is 7.98. The molecule has 0 aromatic carbocycles. The maximum Gasteiger partial charge on any atom is 0.179 e. The van der Waals surface area contributed by atoms with Crippen LogP contribution in [0.4, 0.5) is 0 Å². The average Bonchev–Trinajstić information content (AvgIpc) is 2.81. The Morgan fingerprint density at radius 2 is 2.33 bits per heavy atom. The van der Waals surface area contributed by atoms with Crippen molar-refractivity contribution in [1.29, 1.82) is 0 Å². The second kappa shape index (κ2) is 6.25. The van der Waals surface area contributed by atoms with Crippen molar-refractivity contribution in [3.05, 3.63) is 18.1 Å². The third kappa shape index (κ3) is 2.70. The molecule has 0 bridgehead atoms. The van der Waals surface area contributed by atoms with E-state index in [0.717, 1.165) is 43.1 Å². The van der Waals surface area contributed by atoms with Crippen LogP contribution in [0.25, 0.3) is 5.65 Å². The van der Waals surface area contributed by atoms with E-state index < -0.39 is 0 Å². The molecule has 0 radical (unpaired) electrons. The molecule has 0 unspecified atom stereocenters. The van der Waals surface area contributed by atoms with Gasteiger partial charge in [0.1, 0.15) is 5.03 Å². The van der Waals surface area contributed by atoms with E-state index in [1.165, 1.54) is 5.59 Å². The van der Waals surface area contributed by atoms with E-state index in [1.807, 2.05) is 12.5 Å². The first-order valence-electron chi connectivity index (χ1n) is 6.19. The summed E-state index contributed by atoms with van der Waals surface area (Å²) in [5, 5.41) is 1.00. The van der Waals surface area contributed by atoms with Crippen LogP contribution in [0.15, 0.2) is 17.4 Å². The van der Waals surface area contributed by atoms with Gasteiger partial charge in [-0.1, -0.05) is 6.82 Å².